The molecular formula is C22H43Cl2N. The average Bonchev–Trinajstić information content (AvgIpc) is 2.51. The molecule has 25 heavy (non-hydrogen) atoms. The van der Waals surface area contributed by atoms with Gasteiger partial charge in [-0.1, -0.05) is 54.4 Å². The van der Waals surface area contributed by atoms with Gasteiger partial charge in [-0.3, -0.25) is 4.90 Å². The molecular weight excluding hydrogens is 349 g/mol. The minimum absolute atomic E-state index is 0. The maximum Gasteiger partial charge on any atom is 0.0351 e. The Kier molecular flexibility index (Phi) is 10.2. The topological polar surface area (TPSA) is 3.24 Å². The fourth-order valence-electron chi connectivity index (χ4n) is 5.74. The van der Waals surface area contributed by atoms with E-state index >= 15 is 0 Å². The molecule has 0 saturated heterocycles. The molecule has 3 heteroatoms. The zero-order valence-corrected chi connectivity index (χ0v) is 19.1. The highest BCUT2D eigenvalue weighted by Gasteiger charge is 2.41. The van der Waals surface area contributed by atoms with Gasteiger partial charge in [0.1, 0.15) is 0 Å². The van der Waals surface area contributed by atoms with Crippen LogP contribution in [0.15, 0.2) is 0 Å². The van der Waals surface area contributed by atoms with E-state index < -0.39 is 0 Å². The number of nitrogens with zero attached hydrogens (tertiary/aromatic N) is 1. The third-order valence-electron chi connectivity index (χ3n) is 7.17. The Morgan fingerprint density at radius 1 is 0.800 bits per heavy atom. The normalized spacial score (nSPS) is 36.7. The van der Waals surface area contributed by atoms with Crippen LogP contribution in [-0.4, -0.2) is 29.4 Å². The van der Waals surface area contributed by atoms with Gasteiger partial charge in [0.05, 0.1) is 0 Å². The first-order valence-corrected chi connectivity index (χ1v) is 11.2. The van der Waals surface area contributed by atoms with Crippen molar-refractivity contribution in [3.8, 4) is 0 Å². The molecule has 2 aliphatic carbocycles. The first kappa shape index (κ1) is 23.6. The molecule has 0 radical (unpaired) electrons. The first-order valence-electron chi connectivity index (χ1n) is 10.7. The number of hydrogen-bond acceptors (Lipinski definition) is 1. The maximum atomic E-state index is 6.32. The van der Waals surface area contributed by atoms with Crippen LogP contribution >= 0.6 is 24.0 Å². The van der Waals surface area contributed by atoms with Crippen LogP contribution in [0.25, 0.3) is 0 Å². The first-order chi connectivity index (χ1) is 11.3. The van der Waals surface area contributed by atoms with E-state index in [0.29, 0.717) is 0 Å². The maximum absolute atomic E-state index is 6.32. The smallest absolute Gasteiger partial charge is 0.0351 e. The second-order valence-electron chi connectivity index (χ2n) is 9.71. The number of alkyl halides is 1. The molecule has 0 spiro atoms. The molecule has 0 bridgehead atoms. The van der Waals surface area contributed by atoms with Crippen molar-refractivity contribution in [2.24, 2.45) is 35.5 Å². The third kappa shape index (κ3) is 6.01. The lowest BCUT2D eigenvalue weighted by atomic mass is 9.69. The SMILES string of the molecule is CC1CCC(C(C)C)C(N(CCCl)C2CC(C)CCC2C(C)C)C1.Cl. The molecule has 1 nitrogen and oxygen atoms in total. The van der Waals surface area contributed by atoms with Crippen molar-refractivity contribution in [1.82, 2.24) is 4.90 Å². The fraction of sp³-hybridized carbons (Fsp3) is 1.00. The highest BCUT2D eigenvalue weighted by molar-refractivity contribution is 6.18. The van der Waals surface area contributed by atoms with E-state index in [2.05, 4.69) is 46.4 Å². The summed E-state index contributed by atoms with van der Waals surface area (Å²) >= 11 is 6.32. The molecule has 2 rings (SSSR count). The zero-order valence-electron chi connectivity index (χ0n) is 17.5. The van der Waals surface area contributed by atoms with Crippen molar-refractivity contribution >= 4 is 24.0 Å². The van der Waals surface area contributed by atoms with Gasteiger partial charge in [0.25, 0.3) is 0 Å². The van der Waals surface area contributed by atoms with E-state index in [0.717, 1.165) is 60.0 Å². The lowest BCUT2D eigenvalue weighted by Crippen LogP contribution is -2.55. The van der Waals surface area contributed by atoms with Crippen molar-refractivity contribution in [1.29, 1.82) is 0 Å². The van der Waals surface area contributed by atoms with Crippen LogP contribution < -0.4 is 0 Å². The Morgan fingerprint density at radius 2 is 1.20 bits per heavy atom. The molecule has 6 atom stereocenters. The van der Waals surface area contributed by atoms with Gasteiger partial charge in [-0.15, -0.1) is 24.0 Å². The lowest BCUT2D eigenvalue weighted by molar-refractivity contribution is -0.0187. The fourth-order valence-corrected chi connectivity index (χ4v) is 5.94. The van der Waals surface area contributed by atoms with Crippen LogP contribution in [0.5, 0.6) is 0 Å². The number of hydrogen-bond donors (Lipinski definition) is 0. The summed E-state index contributed by atoms with van der Waals surface area (Å²) in [6, 6.07) is 1.51. The van der Waals surface area contributed by atoms with Gasteiger partial charge in [0, 0.05) is 24.5 Å². The molecule has 2 aliphatic rings. The monoisotopic (exact) mass is 391 g/mol. The summed E-state index contributed by atoms with van der Waals surface area (Å²) in [5, 5.41) is 0. The third-order valence-corrected chi connectivity index (χ3v) is 7.34. The van der Waals surface area contributed by atoms with E-state index in [9.17, 15) is 0 Å². The lowest BCUT2D eigenvalue weighted by Gasteiger charge is -2.51. The second-order valence-corrected chi connectivity index (χ2v) is 10.1. The molecule has 0 amide bonds. The Bertz CT molecular complexity index is 339. The van der Waals surface area contributed by atoms with Gasteiger partial charge in [-0.05, 0) is 61.2 Å². The quantitative estimate of drug-likeness (QED) is 0.446. The van der Waals surface area contributed by atoms with Gasteiger partial charge in [-0.25, -0.2) is 0 Å². The Labute approximate surface area is 169 Å². The molecule has 2 fully saturated rings. The van der Waals surface area contributed by atoms with Gasteiger partial charge in [-0.2, -0.15) is 0 Å². The van der Waals surface area contributed by atoms with Crippen LogP contribution in [0, 0.1) is 35.5 Å². The van der Waals surface area contributed by atoms with Crippen molar-refractivity contribution in [2.75, 3.05) is 12.4 Å². The Hall–Kier alpha value is 0.540. The minimum atomic E-state index is 0. The molecule has 2 saturated carbocycles. The van der Waals surface area contributed by atoms with E-state index in [1.807, 2.05) is 0 Å². The summed E-state index contributed by atoms with van der Waals surface area (Å²) in [5.74, 6) is 5.83. The van der Waals surface area contributed by atoms with Crippen LogP contribution in [-0.2, 0) is 0 Å². The summed E-state index contributed by atoms with van der Waals surface area (Å²) in [5.41, 5.74) is 0. The highest BCUT2D eigenvalue weighted by Crippen LogP contribution is 2.42. The predicted molar refractivity (Wildman–Crippen MR) is 115 cm³/mol. The van der Waals surface area contributed by atoms with E-state index in [-0.39, 0.29) is 12.4 Å². The van der Waals surface area contributed by atoms with Crippen molar-refractivity contribution < 1.29 is 0 Å². The largest absolute Gasteiger partial charge is 0.296 e. The molecule has 0 aromatic carbocycles. The van der Waals surface area contributed by atoms with Gasteiger partial charge in [0.2, 0.25) is 0 Å². The highest BCUT2D eigenvalue weighted by atomic mass is 35.5. The predicted octanol–water partition coefficient (Wildman–Crippen LogP) is 6.87. The Morgan fingerprint density at radius 3 is 1.52 bits per heavy atom. The molecule has 150 valence electrons. The van der Waals surface area contributed by atoms with Crippen LogP contribution in [0.4, 0.5) is 0 Å². The van der Waals surface area contributed by atoms with E-state index in [1.54, 1.807) is 0 Å². The van der Waals surface area contributed by atoms with Crippen LogP contribution in [0.3, 0.4) is 0 Å². The molecule has 0 aliphatic heterocycles. The number of halogens is 2. The van der Waals surface area contributed by atoms with Gasteiger partial charge >= 0.3 is 0 Å². The molecule has 0 heterocycles. The minimum Gasteiger partial charge on any atom is -0.296 e. The second kappa shape index (κ2) is 10.8. The molecule has 0 aromatic heterocycles. The van der Waals surface area contributed by atoms with Crippen LogP contribution in [0.1, 0.15) is 80.1 Å². The summed E-state index contributed by atoms with van der Waals surface area (Å²) in [6.45, 7) is 15.8. The van der Waals surface area contributed by atoms with Crippen molar-refractivity contribution in [3.63, 3.8) is 0 Å². The van der Waals surface area contributed by atoms with Crippen molar-refractivity contribution in [2.45, 2.75) is 92.2 Å². The zero-order chi connectivity index (χ0) is 17.9. The summed E-state index contributed by atoms with van der Waals surface area (Å²) in [6.07, 6.45) is 8.43. The summed E-state index contributed by atoms with van der Waals surface area (Å²) in [4.78, 5) is 2.91. The summed E-state index contributed by atoms with van der Waals surface area (Å²) < 4.78 is 0. The van der Waals surface area contributed by atoms with Gasteiger partial charge in [0.15, 0.2) is 0 Å². The van der Waals surface area contributed by atoms with Gasteiger partial charge < -0.3 is 0 Å². The number of rotatable bonds is 6. The van der Waals surface area contributed by atoms with Crippen LogP contribution in [0.2, 0.25) is 0 Å². The molecule has 0 aromatic rings. The summed E-state index contributed by atoms with van der Waals surface area (Å²) in [7, 11) is 0. The standard InChI is InChI=1S/C22H42ClN.ClH/c1-15(2)19-9-7-17(5)13-21(19)24(12-11-23)22-14-18(6)8-10-20(22)16(3)4;/h15-22H,7-14H2,1-6H3;1H. The Balaban J connectivity index is 0.00000312. The van der Waals surface area contributed by atoms with E-state index in [4.69, 9.17) is 11.6 Å². The van der Waals surface area contributed by atoms with Crippen molar-refractivity contribution in [3.05, 3.63) is 0 Å². The van der Waals surface area contributed by atoms with E-state index in [1.165, 1.54) is 38.5 Å². The molecule has 0 N–H and O–H groups in total. The molecule has 6 unspecified atom stereocenters. The average molecular weight is 392 g/mol.